The van der Waals surface area contributed by atoms with Gasteiger partial charge in [0.05, 0.1) is 24.0 Å². The lowest BCUT2D eigenvalue weighted by molar-refractivity contribution is -0.385. The molecule has 0 aliphatic rings. The summed E-state index contributed by atoms with van der Waals surface area (Å²) >= 11 is 0. The number of non-ortho nitro benzene ring substituents is 1. The molecule has 0 aliphatic heterocycles. The van der Waals surface area contributed by atoms with Gasteiger partial charge in [0.1, 0.15) is 11.5 Å². The Kier molecular flexibility index (Phi) is 6.34. The topological polar surface area (TPSA) is 108 Å². The van der Waals surface area contributed by atoms with Crippen LogP contribution in [0.3, 0.4) is 0 Å². The van der Waals surface area contributed by atoms with Crippen molar-refractivity contribution in [3.8, 4) is 22.6 Å². The third kappa shape index (κ3) is 4.58. The van der Waals surface area contributed by atoms with Crippen LogP contribution in [0.5, 0.6) is 11.5 Å². The van der Waals surface area contributed by atoms with E-state index in [1.165, 1.54) is 26.4 Å². The SMILES string of the molecule is COc1ccc(CNS(=O)(=O)c2cc([N+](=O)[O-])ccc2-c2ccccc2)c(OC)c1. The second-order valence-electron chi connectivity index (χ2n) is 6.31. The van der Waals surface area contributed by atoms with E-state index in [0.717, 1.165) is 6.07 Å². The van der Waals surface area contributed by atoms with Crippen LogP contribution in [0.2, 0.25) is 0 Å². The van der Waals surface area contributed by atoms with E-state index in [9.17, 15) is 18.5 Å². The smallest absolute Gasteiger partial charge is 0.270 e. The minimum atomic E-state index is -4.08. The molecule has 3 rings (SSSR count). The van der Waals surface area contributed by atoms with Crippen molar-refractivity contribution < 1.29 is 22.8 Å². The Morgan fingerprint density at radius 1 is 0.967 bits per heavy atom. The number of methoxy groups -OCH3 is 2. The van der Waals surface area contributed by atoms with E-state index in [1.807, 2.05) is 0 Å². The van der Waals surface area contributed by atoms with Crippen molar-refractivity contribution in [2.45, 2.75) is 11.4 Å². The lowest BCUT2D eigenvalue weighted by Gasteiger charge is -2.14. The van der Waals surface area contributed by atoms with Crippen molar-refractivity contribution in [1.29, 1.82) is 0 Å². The van der Waals surface area contributed by atoms with Crippen LogP contribution in [0.15, 0.2) is 71.6 Å². The first kappa shape index (κ1) is 21.3. The first-order chi connectivity index (χ1) is 14.4. The Morgan fingerprint density at radius 3 is 2.33 bits per heavy atom. The molecule has 3 aromatic rings. The van der Waals surface area contributed by atoms with Crippen LogP contribution in [-0.4, -0.2) is 27.6 Å². The van der Waals surface area contributed by atoms with Crippen LogP contribution in [0.1, 0.15) is 5.56 Å². The molecule has 0 fully saturated rings. The number of nitro groups is 1. The molecule has 0 amide bonds. The zero-order chi connectivity index (χ0) is 21.7. The molecule has 8 nitrogen and oxygen atoms in total. The maximum Gasteiger partial charge on any atom is 0.270 e. The van der Waals surface area contributed by atoms with Crippen LogP contribution in [0, 0.1) is 10.1 Å². The third-order valence-electron chi connectivity index (χ3n) is 4.50. The van der Waals surface area contributed by atoms with Gasteiger partial charge >= 0.3 is 0 Å². The lowest BCUT2D eigenvalue weighted by Crippen LogP contribution is -2.24. The van der Waals surface area contributed by atoms with Gasteiger partial charge in [0.25, 0.3) is 5.69 Å². The Balaban J connectivity index is 1.99. The molecule has 0 bridgehead atoms. The van der Waals surface area contributed by atoms with Crippen LogP contribution in [0.4, 0.5) is 5.69 Å². The van der Waals surface area contributed by atoms with Gasteiger partial charge in [-0.05, 0) is 17.7 Å². The van der Waals surface area contributed by atoms with Crippen LogP contribution >= 0.6 is 0 Å². The molecule has 0 saturated carbocycles. The van der Waals surface area contributed by atoms with Crippen LogP contribution in [0.25, 0.3) is 11.1 Å². The summed E-state index contributed by atoms with van der Waals surface area (Å²) in [6.45, 7) is -0.0631. The number of nitrogens with zero attached hydrogens (tertiary/aromatic N) is 1. The van der Waals surface area contributed by atoms with E-state index in [-0.39, 0.29) is 17.1 Å². The largest absolute Gasteiger partial charge is 0.497 e. The Morgan fingerprint density at radius 2 is 1.70 bits per heavy atom. The molecule has 30 heavy (non-hydrogen) atoms. The number of ether oxygens (including phenoxy) is 2. The molecular formula is C21H20N2O6S. The summed E-state index contributed by atoms with van der Waals surface area (Å²) in [5.74, 6) is 1.03. The van der Waals surface area contributed by atoms with Gasteiger partial charge in [-0.25, -0.2) is 13.1 Å². The van der Waals surface area contributed by atoms with Crippen molar-refractivity contribution >= 4 is 15.7 Å². The van der Waals surface area contributed by atoms with Gasteiger partial charge in [-0.3, -0.25) is 10.1 Å². The number of rotatable bonds is 8. The van der Waals surface area contributed by atoms with Crippen molar-refractivity contribution in [3.05, 3.63) is 82.4 Å². The molecular weight excluding hydrogens is 408 g/mol. The number of sulfonamides is 1. The van der Waals surface area contributed by atoms with Crippen LogP contribution < -0.4 is 14.2 Å². The fraction of sp³-hybridized carbons (Fsp3) is 0.143. The Labute approximate surface area is 174 Å². The van der Waals surface area contributed by atoms with E-state index in [1.54, 1.807) is 48.5 Å². The molecule has 0 radical (unpaired) electrons. The molecule has 0 aliphatic carbocycles. The Hall–Kier alpha value is -3.43. The van der Waals surface area contributed by atoms with Crippen molar-refractivity contribution in [3.63, 3.8) is 0 Å². The molecule has 1 N–H and O–H groups in total. The van der Waals surface area contributed by atoms with Gasteiger partial charge in [0.15, 0.2) is 0 Å². The molecule has 0 saturated heterocycles. The fourth-order valence-electron chi connectivity index (χ4n) is 2.95. The molecule has 9 heteroatoms. The maximum atomic E-state index is 13.1. The summed E-state index contributed by atoms with van der Waals surface area (Å²) < 4.78 is 39.1. The highest BCUT2D eigenvalue weighted by Gasteiger charge is 2.23. The average Bonchev–Trinajstić information content (AvgIpc) is 2.77. The van der Waals surface area contributed by atoms with Crippen LogP contribution in [-0.2, 0) is 16.6 Å². The minimum Gasteiger partial charge on any atom is -0.497 e. The molecule has 0 aromatic heterocycles. The summed E-state index contributed by atoms with van der Waals surface area (Å²) in [5.41, 5.74) is 1.29. The summed E-state index contributed by atoms with van der Waals surface area (Å²) in [7, 11) is -1.08. The van der Waals surface area contributed by atoms with Gasteiger partial charge in [0.2, 0.25) is 10.0 Å². The zero-order valence-corrected chi connectivity index (χ0v) is 17.2. The van der Waals surface area contributed by atoms with E-state index >= 15 is 0 Å². The summed E-state index contributed by atoms with van der Waals surface area (Å²) in [6.07, 6.45) is 0. The van der Waals surface area contributed by atoms with Crippen molar-refractivity contribution in [2.75, 3.05) is 14.2 Å². The maximum absolute atomic E-state index is 13.1. The van der Waals surface area contributed by atoms with Crippen molar-refractivity contribution in [2.24, 2.45) is 0 Å². The molecule has 0 atom stereocenters. The summed E-state index contributed by atoms with van der Waals surface area (Å²) in [5, 5.41) is 11.2. The van der Waals surface area contributed by atoms with Gasteiger partial charge in [0, 0.05) is 35.9 Å². The molecule has 3 aromatic carbocycles. The zero-order valence-electron chi connectivity index (χ0n) is 16.4. The minimum absolute atomic E-state index is 0.0631. The molecule has 0 spiro atoms. The van der Waals surface area contributed by atoms with E-state index in [2.05, 4.69) is 4.72 Å². The highest BCUT2D eigenvalue weighted by Crippen LogP contribution is 2.31. The third-order valence-corrected chi connectivity index (χ3v) is 5.94. The van der Waals surface area contributed by atoms with E-state index in [0.29, 0.717) is 28.2 Å². The van der Waals surface area contributed by atoms with Gasteiger partial charge < -0.3 is 9.47 Å². The fourth-order valence-corrected chi connectivity index (χ4v) is 4.20. The second-order valence-corrected chi connectivity index (χ2v) is 8.04. The van der Waals surface area contributed by atoms with Crippen molar-refractivity contribution in [1.82, 2.24) is 4.72 Å². The second kappa shape index (κ2) is 8.93. The van der Waals surface area contributed by atoms with Gasteiger partial charge in [-0.15, -0.1) is 0 Å². The quantitative estimate of drug-likeness (QED) is 0.432. The van der Waals surface area contributed by atoms with Gasteiger partial charge in [-0.1, -0.05) is 36.4 Å². The predicted octanol–water partition coefficient (Wildman–Crippen LogP) is 3.76. The molecule has 156 valence electrons. The number of hydrogen-bond acceptors (Lipinski definition) is 6. The first-order valence-corrected chi connectivity index (χ1v) is 10.4. The first-order valence-electron chi connectivity index (χ1n) is 8.90. The summed E-state index contributed by atoms with van der Waals surface area (Å²) in [4.78, 5) is 10.4. The number of nitro benzene ring substituents is 1. The van der Waals surface area contributed by atoms with E-state index in [4.69, 9.17) is 9.47 Å². The summed E-state index contributed by atoms with van der Waals surface area (Å²) in [6, 6.07) is 17.6. The normalized spacial score (nSPS) is 11.1. The van der Waals surface area contributed by atoms with E-state index < -0.39 is 14.9 Å². The number of benzene rings is 3. The number of hydrogen-bond donors (Lipinski definition) is 1. The standard InChI is InChI=1S/C21H20N2O6S/c1-28-18-10-8-16(20(13-18)29-2)14-22-30(26,27)21-12-17(23(24)25)9-11-19(21)15-6-4-3-5-7-15/h3-13,22H,14H2,1-2H3. The highest BCUT2D eigenvalue weighted by atomic mass is 32.2. The molecule has 0 unspecified atom stereocenters. The Bertz CT molecular complexity index is 1160. The van der Waals surface area contributed by atoms with Gasteiger partial charge in [-0.2, -0.15) is 0 Å². The monoisotopic (exact) mass is 428 g/mol. The average molecular weight is 428 g/mol. The number of nitrogens with one attached hydrogen (secondary N) is 1. The predicted molar refractivity (Wildman–Crippen MR) is 112 cm³/mol. The molecule has 0 heterocycles. The highest BCUT2D eigenvalue weighted by molar-refractivity contribution is 7.89. The lowest BCUT2D eigenvalue weighted by atomic mass is 10.1.